The fourth-order valence-corrected chi connectivity index (χ4v) is 7.28. The van der Waals surface area contributed by atoms with E-state index in [4.69, 9.17) is 38.5 Å². The van der Waals surface area contributed by atoms with Gasteiger partial charge in [0.25, 0.3) is 0 Å². The maximum atomic E-state index is 14.4. The lowest BCUT2D eigenvalue weighted by Crippen LogP contribution is -2.43. The second kappa shape index (κ2) is 13.8. The molecule has 4 heterocycles. The Balaban J connectivity index is 1.45. The first kappa shape index (κ1) is 35.9. The minimum Gasteiger partial charge on any atom is -0.462 e. The van der Waals surface area contributed by atoms with E-state index in [0.29, 0.717) is 11.2 Å². The average Bonchev–Trinajstić information content (AvgIpc) is 3.67. The molecule has 2 aliphatic heterocycles. The summed E-state index contributed by atoms with van der Waals surface area (Å²) in [6, 6.07) is 9.70. The molecule has 262 valence electrons. The summed E-state index contributed by atoms with van der Waals surface area (Å²) in [5.41, 5.74) is 6.91. The Labute approximate surface area is 280 Å². The Morgan fingerprint density at radius 2 is 1.90 bits per heavy atom. The van der Waals surface area contributed by atoms with E-state index in [0.717, 1.165) is 5.56 Å². The van der Waals surface area contributed by atoms with Gasteiger partial charge in [0.05, 0.1) is 18.9 Å². The molecule has 3 N–H and O–H groups in total. The van der Waals surface area contributed by atoms with Crippen LogP contribution in [-0.4, -0.2) is 90.9 Å². The number of nitrogens with two attached hydrogens (primary N) is 1. The first-order valence-corrected chi connectivity index (χ1v) is 17.2. The van der Waals surface area contributed by atoms with E-state index in [1.54, 1.807) is 49.8 Å². The van der Waals surface area contributed by atoms with Gasteiger partial charge in [-0.1, -0.05) is 32.9 Å². The molecule has 5 rings (SSSR count). The summed E-state index contributed by atoms with van der Waals surface area (Å²) >= 11 is 0. The van der Waals surface area contributed by atoms with Gasteiger partial charge in [0.2, 0.25) is 0 Å². The van der Waals surface area contributed by atoms with Crippen molar-refractivity contribution in [1.82, 2.24) is 19.7 Å². The zero-order chi connectivity index (χ0) is 34.9. The molecule has 2 aliphatic rings. The van der Waals surface area contributed by atoms with E-state index in [1.165, 1.54) is 20.4 Å². The van der Waals surface area contributed by atoms with Crippen LogP contribution in [0.25, 0.3) is 5.52 Å². The van der Waals surface area contributed by atoms with Gasteiger partial charge in [0.15, 0.2) is 17.2 Å². The highest BCUT2D eigenvalue weighted by atomic mass is 31.2. The van der Waals surface area contributed by atoms with Crippen molar-refractivity contribution in [1.29, 1.82) is 0 Å². The number of nitrogens with one attached hydrogen (secondary N) is 1. The number of nitrogens with zero attached hydrogens (tertiary/aromatic N) is 4. The van der Waals surface area contributed by atoms with Crippen molar-refractivity contribution in [3.63, 3.8) is 0 Å². The van der Waals surface area contributed by atoms with Gasteiger partial charge in [-0.15, -0.1) is 0 Å². The Hall–Kier alpha value is -3.43. The molecule has 1 aromatic carbocycles. The lowest BCUT2D eigenvalue weighted by atomic mass is 9.87. The third-order valence-electron chi connectivity index (χ3n) is 8.06. The standard InChI is InChI=1S/C32H45N6O9P/c1-20(29(39)42-16-15-41-8)37-48(40,47-22-11-9-21(10-12-22)30(2,3)4)43-17-24-26-27(46-31(5,6)45-26)32(44-24,18-34-7)25-14-13-23-28(33)35-19-36-38(23)25/h9-14,18-20,24,26-27H,15-17H2,1-8H3,(H,37,40)(H2,33,35,36)/t20-,24+,26+,27+,32-,48?/m0/s1. The summed E-state index contributed by atoms with van der Waals surface area (Å²) < 4.78 is 57.7. The quantitative estimate of drug-likeness (QED) is 0.115. The smallest absolute Gasteiger partial charge is 0.459 e. The molecule has 2 aromatic heterocycles. The number of hydrogen-bond donors (Lipinski definition) is 2. The van der Waals surface area contributed by atoms with Crippen molar-refractivity contribution in [3.05, 3.63) is 54.0 Å². The van der Waals surface area contributed by atoms with Crippen molar-refractivity contribution in [2.75, 3.05) is 39.7 Å². The van der Waals surface area contributed by atoms with Gasteiger partial charge in [-0.25, -0.2) is 14.1 Å². The van der Waals surface area contributed by atoms with Crippen LogP contribution in [-0.2, 0) is 48.6 Å². The predicted octanol–water partition coefficient (Wildman–Crippen LogP) is 3.80. The van der Waals surface area contributed by atoms with Gasteiger partial charge in [0, 0.05) is 20.4 Å². The largest absolute Gasteiger partial charge is 0.462 e. The number of aromatic nitrogens is 3. The highest BCUT2D eigenvalue weighted by molar-refractivity contribution is 7.52. The number of rotatable bonds is 13. The molecule has 0 bridgehead atoms. The molecular formula is C32H45N6O9P. The zero-order valence-corrected chi connectivity index (χ0v) is 29.4. The molecule has 0 spiro atoms. The minimum absolute atomic E-state index is 0.0276. The number of methoxy groups -OCH3 is 1. The van der Waals surface area contributed by atoms with Gasteiger partial charge in [-0.2, -0.15) is 10.2 Å². The lowest BCUT2D eigenvalue weighted by molar-refractivity contribution is -0.200. The molecule has 16 heteroatoms. The van der Waals surface area contributed by atoms with Crippen molar-refractivity contribution in [2.24, 2.45) is 4.99 Å². The molecule has 6 atom stereocenters. The second-order valence-corrected chi connectivity index (χ2v) is 14.9. The topological polar surface area (TPSA) is 179 Å². The van der Waals surface area contributed by atoms with Crippen LogP contribution in [0.15, 0.2) is 47.7 Å². The van der Waals surface area contributed by atoms with Gasteiger partial charge in [0.1, 0.15) is 48.6 Å². The molecule has 1 unspecified atom stereocenters. The monoisotopic (exact) mass is 688 g/mol. The van der Waals surface area contributed by atoms with Crippen molar-refractivity contribution >= 4 is 31.3 Å². The van der Waals surface area contributed by atoms with Gasteiger partial charge in [-0.05, 0) is 56.0 Å². The molecule has 2 saturated heterocycles. The number of nitrogen functional groups attached to an aromatic ring is 1. The highest BCUT2D eigenvalue weighted by Gasteiger charge is 2.64. The number of esters is 1. The third kappa shape index (κ3) is 7.42. The number of fused-ring (bicyclic) bond motifs is 2. The number of anilines is 1. The molecule has 0 saturated carbocycles. The number of carbonyl (C=O) groups is 1. The summed E-state index contributed by atoms with van der Waals surface area (Å²) in [4.78, 5) is 21.2. The molecule has 0 aliphatic carbocycles. The Morgan fingerprint density at radius 3 is 2.56 bits per heavy atom. The van der Waals surface area contributed by atoms with E-state index in [-0.39, 0.29) is 36.8 Å². The van der Waals surface area contributed by atoms with Crippen molar-refractivity contribution in [2.45, 2.75) is 82.7 Å². The summed E-state index contributed by atoms with van der Waals surface area (Å²) in [6.45, 7) is 11.3. The molecule has 48 heavy (non-hydrogen) atoms. The van der Waals surface area contributed by atoms with E-state index in [1.807, 2.05) is 18.2 Å². The Morgan fingerprint density at radius 1 is 1.17 bits per heavy atom. The Bertz CT molecular complexity index is 1670. The maximum absolute atomic E-state index is 14.4. The fraction of sp³-hybridized carbons (Fsp3) is 0.562. The first-order chi connectivity index (χ1) is 22.6. The SMILES string of the molecule is CN=C[C@@]1(c2ccc3c(N)ncnn23)O[C@H](COP(=O)(N[C@@H](C)C(=O)OCCOC)Oc2ccc(C(C)(C)C)cc2)[C@H]2OC(C)(C)O[C@H]21. The van der Waals surface area contributed by atoms with Gasteiger partial charge in [-0.3, -0.25) is 14.3 Å². The van der Waals surface area contributed by atoms with Gasteiger partial charge >= 0.3 is 13.7 Å². The molecule has 15 nitrogen and oxygen atoms in total. The third-order valence-corrected chi connectivity index (χ3v) is 9.70. The molecular weight excluding hydrogens is 643 g/mol. The highest BCUT2D eigenvalue weighted by Crippen LogP contribution is 2.51. The summed E-state index contributed by atoms with van der Waals surface area (Å²) in [5, 5.41) is 7.13. The molecule has 2 fully saturated rings. The Kier molecular flexibility index (Phi) is 10.3. The number of benzene rings is 1. The van der Waals surface area contributed by atoms with Gasteiger partial charge < -0.3 is 33.9 Å². The number of hydrogen-bond acceptors (Lipinski definition) is 13. The summed E-state index contributed by atoms with van der Waals surface area (Å²) in [6.07, 6.45) is 0.718. The van der Waals surface area contributed by atoms with Crippen LogP contribution in [0.3, 0.4) is 0 Å². The number of aliphatic imine (C=N–C) groups is 1. The molecule has 0 radical (unpaired) electrons. The van der Waals surface area contributed by atoms with E-state index in [9.17, 15) is 9.36 Å². The fourth-order valence-electron chi connectivity index (χ4n) is 5.78. The van der Waals surface area contributed by atoms with Crippen molar-refractivity contribution in [3.8, 4) is 5.75 Å². The van der Waals surface area contributed by atoms with Crippen LogP contribution in [0.5, 0.6) is 5.75 Å². The van der Waals surface area contributed by atoms with E-state index < -0.39 is 49.5 Å². The average molecular weight is 689 g/mol. The lowest BCUT2D eigenvalue weighted by Gasteiger charge is -2.31. The normalized spacial score (nSPS) is 25.6. The molecule has 3 aromatic rings. The number of carbonyl (C=O) groups excluding carboxylic acids is 1. The number of ether oxygens (including phenoxy) is 5. The summed E-state index contributed by atoms with van der Waals surface area (Å²) in [7, 11) is -1.15. The van der Waals surface area contributed by atoms with E-state index >= 15 is 0 Å². The minimum atomic E-state index is -4.26. The second-order valence-electron chi connectivity index (χ2n) is 13.2. The van der Waals surface area contributed by atoms with Crippen LogP contribution < -0.4 is 15.3 Å². The van der Waals surface area contributed by atoms with Crippen molar-refractivity contribution < 1.29 is 42.1 Å². The van der Waals surface area contributed by atoms with E-state index in [2.05, 4.69) is 40.9 Å². The maximum Gasteiger partial charge on any atom is 0.459 e. The summed E-state index contributed by atoms with van der Waals surface area (Å²) in [5.74, 6) is -1.10. The van der Waals surface area contributed by atoms with Crippen LogP contribution >= 0.6 is 7.75 Å². The van der Waals surface area contributed by atoms with Crippen LogP contribution in [0.4, 0.5) is 5.82 Å². The van der Waals surface area contributed by atoms with Crippen LogP contribution in [0.2, 0.25) is 0 Å². The van der Waals surface area contributed by atoms with Crippen LogP contribution in [0.1, 0.15) is 52.8 Å². The van der Waals surface area contributed by atoms with Crippen LogP contribution in [0, 0.1) is 0 Å². The predicted molar refractivity (Wildman–Crippen MR) is 177 cm³/mol. The zero-order valence-electron chi connectivity index (χ0n) is 28.5. The first-order valence-electron chi connectivity index (χ1n) is 15.6. The molecule has 0 amide bonds.